The van der Waals surface area contributed by atoms with Crippen LogP contribution in [0.3, 0.4) is 0 Å². The molecular weight excluding hydrogens is 558 g/mol. The van der Waals surface area contributed by atoms with E-state index in [0.717, 1.165) is 43.6 Å². The first kappa shape index (κ1) is 33.4. The maximum atomic E-state index is 14.0. The normalized spacial score (nSPS) is 18.8. The molecule has 2 aromatic carbocycles. The van der Waals surface area contributed by atoms with Crippen LogP contribution in [-0.4, -0.2) is 83.4 Å². The summed E-state index contributed by atoms with van der Waals surface area (Å²) in [5.41, 5.74) is 8.21. The standard InChI is InChI=1S/C35H52ClN5O2/c1-25(2)24-41(30-14-18-39(19-15-30)26(3)4)31-16-20-40(21-17-31)35(43)33(22-27-10-12-29(36)13-11-27)38-34(42)23-32(37)28-8-6-5-7-9-28/h5-13,25-26,30-33H,14-24,37H2,1-4H3,(H,38,42)/t32-,33-/m1/s1. The molecule has 0 aliphatic carbocycles. The number of nitrogens with zero attached hydrogens (tertiary/aromatic N) is 3. The molecule has 4 rings (SSSR count). The van der Waals surface area contributed by atoms with Crippen molar-refractivity contribution in [1.29, 1.82) is 0 Å². The van der Waals surface area contributed by atoms with E-state index in [2.05, 4.69) is 42.8 Å². The molecule has 7 nitrogen and oxygen atoms in total. The van der Waals surface area contributed by atoms with Crippen LogP contribution in [-0.2, 0) is 16.0 Å². The van der Waals surface area contributed by atoms with Gasteiger partial charge in [-0.15, -0.1) is 0 Å². The quantitative estimate of drug-likeness (QED) is 0.342. The number of likely N-dealkylation sites (tertiary alicyclic amines) is 2. The fourth-order valence-corrected chi connectivity index (χ4v) is 6.84. The Kier molecular flexibility index (Phi) is 12.5. The van der Waals surface area contributed by atoms with Gasteiger partial charge in [0.15, 0.2) is 0 Å². The maximum Gasteiger partial charge on any atom is 0.245 e. The molecule has 0 radical (unpaired) electrons. The van der Waals surface area contributed by atoms with E-state index in [9.17, 15) is 9.59 Å². The minimum absolute atomic E-state index is 0.0179. The Morgan fingerprint density at radius 3 is 2.05 bits per heavy atom. The zero-order valence-electron chi connectivity index (χ0n) is 26.6. The van der Waals surface area contributed by atoms with Gasteiger partial charge < -0.3 is 20.9 Å². The summed E-state index contributed by atoms with van der Waals surface area (Å²) in [5, 5.41) is 3.69. The first-order chi connectivity index (χ1) is 20.6. The number of carbonyl (C=O) groups excluding carboxylic acids is 2. The predicted octanol–water partition coefficient (Wildman–Crippen LogP) is 5.28. The van der Waals surface area contributed by atoms with E-state index in [1.54, 1.807) is 0 Å². The molecule has 0 unspecified atom stereocenters. The number of hydrogen-bond donors (Lipinski definition) is 2. The lowest BCUT2D eigenvalue weighted by atomic mass is 9.94. The van der Waals surface area contributed by atoms with Gasteiger partial charge in [0.05, 0.1) is 0 Å². The highest BCUT2D eigenvalue weighted by Crippen LogP contribution is 2.27. The zero-order valence-corrected chi connectivity index (χ0v) is 27.3. The summed E-state index contributed by atoms with van der Waals surface area (Å²) in [6, 6.07) is 17.7. The van der Waals surface area contributed by atoms with Crippen molar-refractivity contribution in [3.05, 3.63) is 70.7 Å². The molecule has 2 heterocycles. The molecule has 43 heavy (non-hydrogen) atoms. The third-order valence-electron chi connectivity index (χ3n) is 9.14. The average molecular weight is 610 g/mol. The van der Waals surface area contributed by atoms with Gasteiger partial charge >= 0.3 is 0 Å². The number of amides is 2. The summed E-state index contributed by atoms with van der Waals surface area (Å²) in [6.45, 7) is 14.0. The second-order valence-electron chi connectivity index (χ2n) is 13.2. The molecule has 2 aliphatic rings. The molecule has 0 saturated carbocycles. The summed E-state index contributed by atoms with van der Waals surface area (Å²) in [6.07, 6.45) is 4.88. The minimum Gasteiger partial charge on any atom is -0.344 e. The number of benzene rings is 2. The van der Waals surface area contributed by atoms with Crippen molar-refractivity contribution < 1.29 is 9.59 Å². The summed E-state index contributed by atoms with van der Waals surface area (Å²) >= 11 is 6.11. The van der Waals surface area contributed by atoms with Gasteiger partial charge in [-0.1, -0.05) is 67.9 Å². The lowest BCUT2D eigenvalue weighted by Crippen LogP contribution is -2.56. The summed E-state index contributed by atoms with van der Waals surface area (Å²) in [5.74, 6) is 0.370. The Labute approximate surface area is 264 Å². The van der Waals surface area contributed by atoms with Gasteiger partial charge in [0.1, 0.15) is 6.04 Å². The number of hydrogen-bond acceptors (Lipinski definition) is 5. The Morgan fingerprint density at radius 1 is 0.907 bits per heavy atom. The summed E-state index contributed by atoms with van der Waals surface area (Å²) in [4.78, 5) is 34.4. The van der Waals surface area contributed by atoms with E-state index in [1.165, 1.54) is 12.8 Å². The Morgan fingerprint density at radius 2 is 1.49 bits per heavy atom. The van der Waals surface area contributed by atoms with E-state index >= 15 is 0 Å². The fourth-order valence-electron chi connectivity index (χ4n) is 6.72. The van der Waals surface area contributed by atoms with Gasteiger partial charge in [-0.3, -0.25) is 14.5 Å². The highest BCUT2D eigenvalue weighted by molar-refractivity contribution is 6.30. The van der Waals surface area contributed by atoms with Crippen molar-refractivity contribution in [2.75, 3.05) is 32.7 Å². The molecule has 8 heteroatoms. The Balaban J connectivity index is 1.40. The smallest absolute Gasteiger partial charge is 0.245 e. The van der Waals surface area contributed by atoms with Crippen LogP contribution in [0.1, 0.15) is 77.0 Å². The SMILES string of the molecule is CC(C)CN(C1CCN(C(=O)[C@@H](Cc2ccc(Cl)cc2)NC(=O)C[C@@H](N)c2ccccc2)CC1)C1CCN(C(C)C)CC1. The molecule has 0 spiro atoms. The van der Waals surface area contributed by atoms with Crippen molar-refractivity contribution in [3.63, 3.8) is 0 Å². The molecule has 2 saturated heterocycles. The maximum absolute atomic E-state index is 14.0. The van der Waals surface area contributed by atoms with Crippen molar-refractivity contribution in [2.45, 2.75) is 96.4 Å². The highest BCUT2D eigenvalue weighted by Gasteiger charge is 2.35. The van der Waals surface area contributed by atoms with Crippen LogP contribution in [0.25, 0.3) is 0 Å². The first-order valence-electron chi connectivity index (χ1n) is 16.2. The van der Waals surface area contributed by atoms with Crippen LogP contribution >= 0.6 is 11.6 Å². The lowest BCUT2D eigenvalue weighted by Gasteiger charge is -2.46. The number of nitrogens with two attached hydrogens (primary N) is 1. The van der Waals surface area contributed by atoms with Gasteiger partial charge in [-0.25, -0.2) is 0 Å². The van der Waals surface area contributed by atoms with Crippen LogP contribution < -0.4 is 11.1 Å². The first-order valence-corrected chi connectivity index (χ1v) is 16.6. The number of piperidine rings is 2. The van der Waals surface area contributed by atoms with Crippen LogP contribution in [0, 0.1) is 5.92 Å². The molecule has 3 N–H and O–H groups in total. The van der Waals surface area contributed by atoms with E-state index in [1.807, 2.05) is 59.5 Å². The minimum atomic E-state index is -0.652. The predicted molar refractivity (Wildman–Crippen MR) is 176 cm³/mol. The third-order valence-corrected chi connectivity index (χ3v) is 9.39. The average Bonchev–Trinajstić information content (AvgIpc) is 3.00. The number of halogens is 1. The monoisotopic (exact) mass is 609 g/mol. The largest absolute Gasteiger partial charge is 0.344 e. The van der Waals surface area contributed by atoms with Crippen molar-refractivity contribution >= 4 is 23.4 Å². The second-order valence-corrected chi connectivity index (χ2v) is 13.6. The van der Waals surface area contributed by atoms with Crippen LogP contribution in [0.2, 0.25) is 5.02 Å². The van der Waals surface area contributed by atoms with Crippen molar-refractivity contribution in [2.24, 2.45) is 11.7 Å². The van der Waals surface area contributed by atoms with E-state index in [4.69, 9.17) is 17.3 Å². The molecule has 2 aromatic rings. The van der Waals surface area contributed by atoms with Crippen molar-refractivity contribution in [3.8, 4) is 0 Å². The zero-order chi connectivity index (χ0) is 30.9. The van der Waals surface area contributed by atoms with Gasteiger partial charge in [0.25, 0.3) is 0 Å². The van der Waals surface area contributed by atoms with E-state index in [-0.39, 0.29) is 18.2 Å². The number of nitrogens with one attached hydrogen (secondary N) is 1. The van der Waals surface area contributed by atoms with E-state index in [0.29, 0.717) is 48.6 Å². The molecular formula is C35H52ClN5O2. The third kappa shape index (κ3) is 9.77. The summed E-state index contributed by atoms with van der Waals surface area (Å²) < 4.78 is 0. The Hall–Kier alpha value is -2.45. The molecule has 0 bridgehead atoms. The number of rotatable bonds is 12. The molecule has 2 aliphatic heterocycles. The molecule has 2 amide bonds. The van der Waals surface area contributed by atoms with Gasteiger partial charge in [0.2, 0.25) is 11.8 Å². The molecule has 2 fully saturated rings. The van der Waals surface area contributed by atoms with Gasteiger partial charge in [0, 0.05) is 61.7 Å². The van der Waals surface area contributed by atoms with Crippen LogP contribution in [0.4, 0.5) is 0 Å². The Bertz CT molecular complexity index is 1140. The van der Waals surface area contributed by atoms with Crippen molar-refractivity contribution in [1.82, 2.24) is 20.0 Å². The molecule has 236 valence electrons. The van der Waals surface area contributed by atoms with E-state index < -0.39 is 12.1 Å². The van der Waals surface area contributed by atoms with Gasteiger partial charge in [-0.05, 0) is 81.8 Å². The van der Waals surface area contributed by atoms with Crippen LogP contribution in [0.15, 0.2) is 54.6 Å². The van der Waals surface area contributed by atoms with Gasteiger partial charge in [-0.2, -0.15) is 0 Å². The lowest BCUT2D eigenvalue weighted by molar-refractivity contribution is -0.138. The summed E-state index contributed by atoms with van der Waals surface area (Å²) in [7, 11) is 0. The molecule has 2 atom stereocenters. The second kappa shape index (κ2) is 16.0. The van der Waals surface area contributed by atoms with Crippen LogP contribution in [0.5, 0.6) is 0 Å². The molecule has 0 aromatic heterocycles. The fraction of sp³-hybridized carbons (Fsp3) is 0.600. The highest BCUT2D eigenvalue weighted by atomic mass is 35.5. The topological polar surface area (TPSA) is 81.9 Å². The number of carbonyl (C=O) groups is 2.